The highest BCUT2D eigenvalue weighted by Crippen LogP contribution is 2.34. The van der Waals surface area contributed by atoms with E-state index in [1.807, 2.05) is 12.1 Å². The SMILES string of the molecule is C[C@@H]1CC(n2c(CC(=O)N(C)C)nc3cnc4ccc(C#N)cc4c32)CCO1. The fraction of sp³-hybridized carbons (Fsp3) is 0.429. The van der Waals surface area contributed by atoms with E-state index in [2.05, 4.69) is 22.5 Å². The van der Waals surface area contributed by atoms with Crippen LogP contribution < -0.4 is 0 Å². The highest BCUT2D eigenvalue weighted by molar-refractivity contribution is 6.03. The van der Waals surface area contributed by atoms with Gasteiger partial charge in [0.15, 0.2) is 0 Å². The van der Waals surface area contributed by atoms with Crippen LogP contribution in [0.2, 0.25) is 0 Å². The lowest BCUT2D eigenvalue weighted by Crippen LogP contribution is -2.29. The summed E-state index contributed by atoms with van der Waals surface area (Å²) >= 11 is 0. The van der Waals surface area contributed by atoms with E-state index in [4.69, 9.17) is 9.72 Å². The van der Waals surface area contributed by atoms with Crippen LogP contribution >= 0.6 is 0 Å². The number of nitriles is 1. The first kappa shape index (κ1) is 18.4. The van der Waals surface area contributed by atoms with Crippen LogP contribution in [0.1, 0.15) is 37.2 Å². The molecule has 7 heteroatoms. The Morgan fingerprint density at radius 1 is 1.39 bits per heavy atom. The Labute approximate surface area is 163 Å². The first-order valence-corrected chi connectivity index (χ1v) is 9.49. The normalized spacial score (nSPS) is 19.6. The van der Waals surface area contributed by atoms with Crippen molar-refractivity contribution in [2.45, 2.75) is 38.3 Å². The number of benzene rings is 1. The van der Waals surface area contributed by atoms with E-state index in [1.54, 1.807) is 31.3 Å². The summed E-state index contributed by atoms with van der Waals surface area (Å²) < 4.78 is 7.93. The molecule has 0 saturated carbocycles. The molecule has 1 fully saturated rings. The van der Waals surface area contributed by atoms with Crippen molar-refractivity contribution in [1.82, 2.24) is 19.4 Å². The van der Waals surface area contributed by atoms with Gasteiger partial charge in [-0.05, 0) is 38.0 Å². The minimum atomic E-state index is 0.00615. The minimum absolute atomic E-state index is 0.00615. The summed E-state index contributed by atoms with van der Waals surface area (Å²) in [6.45, 7) is 2.75. The van der Waals surface area contributed by atoms with E-state index in [-0.39, 0.29) is 24.5 Å². The summed E-state index contributed by atoms with van der Waals surface area (Å²) in [5.74, 6) is 0.746. The Morgan fingerprint density at radius 3 is 2.93 bits per heavy atom. The molecule has 0 spiro atoms. The van der Waals surface area contributed by atoms with E-state index in [9.17, 15) is 10.1 Å². The molecule has 0 bridgehead atoms. The molecular formula is C21H23N5O2. The standard InChI is InChI=1S/C21H23N5O2/c1-13-8-15(6-7-28-13)26-19(10-20(27)25(2)3)24-18-12-23-17-5-4-14(11-22)9-16(17)21(18)26/h4-5,9,12-13,15H,6-8,10H2,1-3H3/t13-,15?/m1/s1. The molecule has 2 aromatic heterocycles. The molecule has 3 heterocycles. The van der Waals surface area contributed by atoms with Crippen molar-refractivity contribution in [2.24, 2.45) is 0 Å². The minimum Gasteiger partial charge on any atom is -0.378 e. The maximum Gasteiger partial charge on any atom is 0.229 e. The van der Waals surface area contributed by atoms with Crippen molar-refractivity contribution in [3.8, 4) is 6.07 Å². The Morgan fingerprint density at radius 2 is 2.21 bits per heavy atom. The van der Waals surface area contributed by atoms with Gasteiger partial charge in [0.25, 0.3) is 0 Å². The zero-order valence-electron chi connectivity index (χ0n) is 16.3. The van der Waals surface area contributed by atoms with E-state index < -0.39 is 0 Å². The van der Waals surface area contributed by atoms with Crippen LogP contribution in [0.5, 0.6) is 0 Å². The number of pyridine rings is 1. The number of hydrogen-bond acceptors (Lipinski definition) is 5. The van der Waals surface area contributed by atoms with Gasteiger partial charge >= 0.3 is 0 Å². The van der Waals surface area contributed by atoms with Gasteiger partial charge in [-0.2, -0.15) is 5.26 Å². The van der Waals surface area contributed by atoms with Crippen molar-refractivity contribution >= 4 is 27.8 Å². The van der Waals surface area contributed by atoms with Crippen LogP contribution in [0, 0.1) is 11.3 Å². The van der Waals surface area contributed by atoms with Gasteiger partial charge in [0, 0.05) is 32.1 Å². The van der Waals surface area contributed by atoms with Crippen molar-refractivity contribution in [3.63, 3.8) is 0 Å². The smallest absolute Gasteiger partial charge is 0.229 e. The predicted molar refractivity (Wildman–Crippen MR) is 106 cm³/mol. The Kier molecular flexibility index (Phi) is 4.73. The van der Waals surface area contributed by atoms with Gasteiger partial charge in [-0.15, -0.1) is 0 Å². The van der Waals surface area contributed by atoms with Gasteiger partial charge in [-0.3, -0.25) is 9.78 Å². The quantitative estimate of drug-likeness (QED) is 0.701. The average molecular weight is 377 g/mol. The molecule has 1 aromatic carbocycles. The van der Waals surface area contributed by atoms with Gasteiger partial charge in [0.05, 0.1) is 41.4 Å². The Hall–Kier alpha value is -2.98. The van der Waals surface area contributed by atoms with Gasteiger partial charge in [-0.25, -0.2) is 4.98 Å². The molecule has 2 atom stereocenters. The van der Waals surface area contributed by atoms with Crippen LogP contribution in [-0.2, 0) is 16.0 Å². The topological polar surface area (TPSA) is 84.0 Å². The van der Waals surface area contributed by atoms with Crippen molar-refractivity contribution in [3.05, 3.63) is 35.8 Å². The zero-order valence-corrected chi connectivity index (χ0v) is 16.3. The molecule has 1 aliphatic heterocycles. The summed E-state index contributed by atoms with van der Waals surface area (Å²) in [7, 11) is 3.50. The predicted octanol–water partition coefficient (Wildman–Crippen LogP) is 2.83. The number of fused-ring (bicyclic) bond motifs is 3. The van der Waals surface area contributed by atoms with E-state index in [1.165, 1.54) is 0 Å². The molecule has 0 N–H and O–H groups in total. The number of rotatable bonds is 3. The Bertz CT molecular complexity index is 1100. The van der Waals surface area contributed by atoms with Gasteiger partial charge in [-0.1, -0.05) is 0 Å². The fourth-order valence-electron chi connectivity index (χ4n) is 3.91. The third-order valence-corrected chi connectivity index (χ3v) is 5.35. The summed E-state index contributed by atoms with van der Waals surface area (Å²) in [5.41, 5.74) is 3.10. The van der Waals surface area contributed by atoms with Gasteiger partial charge in [0.1, 0.15) is 11.3 Å². The molecule has 4 rings (SSSR count). The molecule has 1 saturated heterocycles. The van der Waals surface area contributed by atoms with E-state index in [0.29, 0.717) is 12.2 Å². The zero-order chi connectivity index (χ0) is 19.8. The van der Waals surface area contributed by atoms with Crippen LogP contribution in [0.4, 0.5) is 0 Å². The number of carbonyl (C=O) groups is 1. The summed E-state index contributed by atoms with van der Waals surface area (Å²) in [4.78, 5) is 23.3. The number of ether oxygens (including phenoxy) is 1. The molecule has 1 amide bonds. The fourth-order valence-corrected chi connectivity index (χ4v) is 3.91. The van der Waals surface area contributed by atoms with Crippen LogP contribution in [0.15, 0.2) is 24.4 Å². The molecule has 7 nitrogen and oxygen atoms in total. The van der Waals surface area contributed by atoms with Crippen molar-refractivity contribution in [1.29, 1.82) is 5.26 Å². The number of aromatic nitrogens is 3. The number of amides is 1. The lowest BCUT2D eigenvalue weighted by Gasteiger charge is -2.30. The molecule has 1 aliphatic rings. The summed E-state index contributed by atoms with van der Waals surface area (Å²) in [6.07, 6.45) is 3.85. The molecule has 1 unspecified atom stereocenters. The largest absolute Gasteiger partial charge is 0.378 e. The van der Waals surface area contributed by atoms with Crippen LogP contribution in [0.25, 0.3) is 21.9 Å². The maximum absolute atomic E-state index is 12.4. The molecule has 0 aliphatic carbocycles. The second-order valence-electron chi connectivity index (χ2n) is 7.56. The second-order valence-corrected chi connectivity index (χ2v) is 7.56. The highest BCUT2D eigenvalue weighted by Gasteiger charge is 2.27. The lowest BCUT2D eigenvalue weighted by atomic mass is 10.0. The molecule has 0 radical (unpaired) electrons. The maximum atomic E-state index is 12.4. The summed E-state index contributed by atoms with van der Waals surface area (Å²) in [6, 6.07) is 7.90. The molecule has 144 valence electrons. The highest BCUT2D eigenvalue weighted by atomic mass is 16.5. The second kappa shape index (κ2) is 7.21. The molecule has 28 heavy (non-hydrogen) atoms. The summed E-state index contributed by atoms with van der Waals surface area (Å²) in [5, 5.41) is 10.2. The third kappa shape index (κ3) is 3.20. The number of likely N-dealkylation sites (N-methyl/N-ethyl adjacent to an activating group) is 1. The van der Waals surface area contributed by atoms with E-state index >= 15 is 0 Å². The van der Waals surface area contributed by atoms with E-state index in [0.717, 1.165) is 40.6 Å². The molecule has 3 aromatic rings. The monoisotopic (exact) mass is 377 g/mol. The van der Waals surface area contributed by atoms with Crippen molar-refractivity contribution in [2.75, 3.05) is 20.7 Å². The number of imidazole rings is 1. The lowest BCUT2D eigenvalue weighted by molar-refractivity contribution is -0.128. The van der Waals surface area contributed by atoms with Gasteiger partial charge < -0.3 is 14.2 Å². The number of carbonyl (C=O) groups excluding carboxylic acids is 1. The first-order chi connectivity index (χ1) is 13.5. The number of hydrogen-bond donors (Lipinski definition) is 0. The first-order valence-electron chi connectivity index (χ1n) is 9.49. The van der Waals surface area contributed by atoms with Crippen LogP contribution in [-0.4, -0.2) is 52.1 Å². The number of nitrogens with zero attached hydrogens (tertiary/aromatic N) is 5. The van der Waals surface area contributed by atoms with Crippen molar-refractivity contribution < 1.29 is 9.53 Å². The van der Waals surface area contributed by atoms with Gasteiger partial charge in [0.2, 0.25) is 5.91 Å². The molecular weight excluding hydrogens is 354 g/mol. The Balaban J connectivity index is 1.97. The van der Waals surface area contributed by atoms with Crippen LogP contribution in [0.3, 0.4) is 0 Å². The average Bonchev–Trinajstić information content (AvgIpc) is 3.05. The third-order valence-electron chi connectivity index (χ3n) is 5.35.